The summed E-state index contributed by atoms with van der Waals surface area (Å²) in [6, 6.07) is -0.852. The van der Waals surface area contributed by atoms with Gasteiger partial charge in [0.1, 0.15) is 6.04 Å². The molecule has 1 atom stereocenters. The topological polar surface area (TPSA) is 145 Å². The lowest BCUT2D eigenvalue weighted by Crippen LogP contribution is -2.27. The molecule has 0 saturated heterocycles. The van der Waals surface area contributed by atoms with Crippen LogP contribution in [-0.2, 0) is 9.59 Å². The third kappa shape index (κ3) is 12.6. The van der Waals surface area contributed by atoms with E-state index in [1.807, 2.05) is 0 Å². The van der Waals surface area contributed by atoms with Crippen molar-refractivity contribution in [3.05, 3.63) is 12.7 Å². The van der Waals surface area contributed by atoms with E-state index in [9.17, 15) is 9.59 Å². The van der Waals surface area contributed by atoms with Crippen LogP contribution in [0.15, 0.2) is 17.6 Å². The van der Waals surface area contributed by atoms with Crippen LogP contribution in [0.3, 0.4) is 0 Å². The van der Waals surface area contributed by atoms with Gasteiger partial charge in [-0.3, -0.25) is 4.79 Å². The minimum Gasteiger partial charge on any atom is -0.480 e. The number of carbonyl (C=O) groups excluding carboxylic acids is 1. The molecule has 0 heterocycles. The Morgan fingerprint density at radius 2 is 1.79 bits per heavy atom. The summed E-state index contributed by atoms with van der Waals surface area (Å²) in [5.41, 5.74) is 14.3. The molecule has 0 aromatic carbocycles. The summed E-state index contributed by atoms with van der Waals surface area (Å²) < 4.78 is 0. The van der Waals surface area contributed by atoms with Gasteiger partial charge in [0.25, 0.3) is 0 Å². The Balaban J connectivity index is 0. The Hall–Kier alpha value is -2.05. The number of nitrogens with zero attached hydrogens (tertiary/aromatic N) is 1. The lowest BCUT2D eigenvalue weighted by atomic mass is 10.4. The van der Waals surface area contributed by atoms with Crippen molar-refractivity contribution >= 4 is 17.8 Å². The van der Waals surface area contributed by atoms with Crippen LogP contribution < -0.4 is 17.2 Å². The molecule has 14 heavy (non-hydrogen) atoms. The van der Waals surface area contributed by atoms with Crippen LogP contribution in [-0.4, -0.2) is 29.0 Å². The second kappa shape index (κ2) is 7.59. The fourth-order valence-electron chi connectivity index (χ4n) is 0.279. The highest BCUT2D eigenvalue weighted by Gasteiger charge is 2.07. The van der Waals surface area contributed by atoms with E-state index < -0.39 is 17.9 Å². The molecular formula is C7H14N4O3. The minimum atomic E-state index is -1.04. The minimum absolute atomic E-state index is 0.204. The average molecular weight is 202 g/mol. The van der Waals surface area contributed by atoms with Gasteiger partial charge in [-0.05, 0) is 13.0 Å². The number of hydrogen-bond donors (Lipinski definition) is 4. The maximum Gasteiger partial charge on any atom is 0.328 e. The van der Waals surface area contributed by atoms with Crippen molar-refractivity contribution in [2.24, 2.45) is 22.2 Å². The van der Waals surface area contributed by atoms with Crippen LogP contribution in [0.5, 0.6) is 0 Å². The number of amides is 1. The van der Waals surface area contributed by atoms with E-state index in [1.54, 1.807) is 0 Å². The van der Waals surface area contributed by atoms with Crippen molar-refractivity contribution < 1.29 is 14.7 Å². The van der Waals surface area contributed by atoms with Gasteiger partial charge in [-0.25, -0.2) is 9.79 Å². The maximum atomic E-state index is 10.0. The third-order valence-electron chi connectivity index (χ3n) is 0.901. The van der Waals surface area contributed by atoms with Crippen LogP contribution in [0.25, 0.3) is 0 Å². The summed E-state index contributed by atoms with van der Waals surface area (Å²) in [7, 11) is 0. The SMILES string of the molecule is C=CC(N)=O.CC(N=C(N)N)C(=O)O. The zero-order valence-corrected chi connectivity index (χ0v) is 7.80. The molecule has 7 heteroatoms. The Kier molecular flexibility index (Phi) is 7.85. The van der Waals surface area contributed by atoms with Gasteiger partial charge >= 0.3 is 5.97 Å². The first kappa shape index (κ1) is 14.5. The molecule has 0 aromatic heterocycles. The summed E-state index contributed by atoms with van der Waals surface area (Å²) in [4.78, 5) is 22.8. The molecule has 0 aliphatic heterocycles. The molecule has 0 rings (SSSR count). The zero-order valence-electron chi connectivity index (χ0n) is 7.80. The fourth-order valence-corrected chi connectivity index (χ4v) is 0.279. The molecule has 0 spiro atoms. The lowest BCUT2D eigenvalue weighted by molar-refractivity contribution is -0.138. The quantitative estimate of drug-likeness (QED) is 0.247. The standard InChI is InChI=1S/C4H9N3O2.C3H5NO/c1-2(3(8)9)7-4(5)6;1-2-3(4)5/h2H,1H3,(H,8,9)(H4,5,6,7);2H,1H2,(H2,4,5). The van der Waals surface area contributed by atoms with Gasteiger partial charge in [0, 0.05) is 0 Å². The van der Waals surface area contributed by atoms with Crippen LogP contribution in [0.2, 0.25) is 0 Å². The van der Waals surface area contributed by atoms with Crippen molar-refractivity contribution in [3.8, 4) is 0 Å². The molecule has 80 valence electrons. The number of carbonyl (C=O) groups is 2. The number of primary amides is 1. The predicted molar refractivity (Wildman–Crippen MR) is 52.3 cm³/mol. The number of guanidine groups is 1. The monoisotopic (exact) mass is 202 g/mol. The highest BCUT2D eigenvalue weighted by molar-refractivity contribution is 5.85. The summed E-state index contributed by atoms with van der Waals surface area (Å²) in [6.07, 6.45) is 1.06. The number of hydrogen-bond acceptors (Lipinski definition) is 3. The Morgan fingerprint density at radius 1 is 1.43 bits per heavy atom. The number of rotatable bonds is 3. The normalized spacial score (nSPS) is 10.1. The van der Waals surface area contributed by atoms with Gasteiger partial charge in [0.15, 0.2) is 5.96 Å². The fraction of sp³-hybridized carbons (Fsp3) is 0.286. The second-order valence-corrected chi connectivity index (χ2v) is 2.17. The summed E-state index contributed by atoms with van der Waals surface area (Å²) in [5, 5.41) is 8.21. The van der Waals surface area contributed by atoms with Gasteiger partial charge in [0.2, 0.25) is 5.91 Å². The summed E-state index contributed by atoms with van der Waals surface area (Å²) >= 11 is 0. The number of aliphatic carboxylic acids is 1. The first-order valence-electron chi connectivity index (χ1n) is 3.54. The van der Waals surface area contributed by atoms with Gasteiger partial charge in [-0.15, -0.1) is 0 Å². The van der Waals surface area contributed by atoms with E-state index in [0.717, 1.165) is 6.08 Å². The van der Waals surface area contributed by atoms with Crippen molar-refractivity contribution in [2.45, 2.75) is 13.0 Å². The lowest BCUT2D eigenvalue weighted by Gasteiger charge is -1.97. The first-order chi connectivity index (χ1) is 6.31. The average Bonchev–Trinajstić information content (AvgIpc) is 2.04. The second-order valence-electron chi connectivity index (χ2n) is 2.17. The number of carboxylic acids is 1. The first-order valence-corrected chi connectivity index (χ1v) is 3.54. The number of aliphatic imine (C=N–C) groups is 1. The summed E-state index contributed by atoms with van der Waals surface area (Å²) in [6.45, 7) is 4.48. The molecule has 7 N–H and O–H groups in total. The van der Waals surface area contributed by atoms with Crippen molar-refractivity contribution in [1.29, 1.82) is 0 Å². The molecule has 0 aliphatic carbocycles. The largest absolute Gasteiger partial charge is 0.480 e. The van der Waals surface area contributed by atoms with Crippen molar-refractivity contribution in [2.75, 3.05) is 0 Å². The smallest absolute Gasteiger partial charge is 0.328 e. The highest BCUT2D eigenvalue weighted by atomic mass is 16.4. The van der Waals surface area contributed by atoms with E-state index in [0.29, 0.717) is 0 Å². The zero-order chi connectivity index (χ0) is 11.7. The van der Waals surface area contributed by atoms with Gasteiger partial charge in [0.05, 0.1) is 0 Å². The Morgan fingerprint density at radius 3 is 1.86 bits per heavy atom. The molecular weight excluding hydrogens is 188 g/mol. The number of carboxylic acid groups (broad SMARTS) is 1. The van der Waals surface area contributed by atoms with E-state index >= 15 is 0 Å². The van der Waals surface area contributed by atoms with Crippen molar-refractivity contribution in [3.63, 3.8) is 0 Å². The van der Waals surface area contributed by atoms with Gasteiger partial charge < -0.3 is 22.3 Å². The van der Waals surface area contributed by atoms with Crippen molar-refractivity contribution in [1.82, 2.24) is 0 Å². The molecule has 1 unspecified atom stereocenters. The molecule has 0 saturated carbocycles. The van der Waals surface area contributed by atoms with Crippen LogP contribution in [0.4, 0.5) is 0 Å². The van der Waals surface area contributed by atoms with Crippen LogP contribution >= 0.6 is 0 Å². The van der Waals surface area contributed by atoms with Crippen LogP contribution in [0.1, 0.15) is 6.92 Å². The Labute approximate surface area is 81.3 Å². The highest BCUT2D eigenvalue weighted by Crippen LogP contribution is 1.85. The molecule has 0 aromatic rings. The molecule has 0 aliphatic rings. The molecule has 0 bridgehead atoms. The van der Waals surface area contributed by atoms with E-state index in [1.165, 1.54) is 6.92 Å². The van der Waals surface area contributed by atoms with Crippen LogP contribution in [0, 0.1) is 0 Å². The maximum absolute atomic E-state index is 10.0. The molecule has 0 radical (unpaired) electrons. The van der Waals surface area contributed by atoms with E-state index in [4.69, 9.17) is 16.6 Å². The molecule has 0 fully saturated rings. The Bertz CT molecular complexity index is 245. The van der Waals surface area contributed by atoms with Gasteiger partial charge in [-0.2, -0.15) is 0 Å². The van der Waals surface area contributed by atoms with E-state index in [2.05, 4.69) is 17.3 Å². The third-order valence-corrected chi connectivity index (χ3v) is 0.901. The van der Waals surface area contributed by atoms with E-state index in [-0.39, 0.29) is 5.96 Å². The molecule has 1 amide bonds. The predicted octanol–water partition coefficient (Wildman–Crippen LogP) is -1.61. The molecule has 7 nitrogen and oxygen atoms in total. The van der Waals surface area contributed by atoms with Gasteiger partial charge in [-0.1, -0.05) is 6.58 Å². The number of nitrogens with two attached hydrogens (primary N) is 3. The summed E-state index contributed by atoms with van der Waals surface area (Å²) in [5.74, 6) is -1.72.